The third-order valence-electron chi connectivity index (χ3n) is 4.65. The van der Waals surface area contributed by atoms with Gasteiger partial charge in [-0.2, -0.15) is 0 Å². The van der Waals surface area contributed by atoms with Gasteiger partial charge >= 0.3 is 0 Å². The van der Waals surface area contributed by atoms with Crippen LogP contribution in [-0.4, -0.2) is 43.0 Å². The predicted molar refractivity (Wildman–Crippen MR) is 113 cm³/mol. The van der Waals surface area contributed by atoms with Gasteiger partial charge in [0.2, 0.25) is 5.91 Å². The Hall–Kier alpha value is -3.02. The van der Waals surface area contributed by atoms with Gasteiger partial charge in [0.25, 0.3) is 5.91 Å². The Bertz CT molecular complexity index is 822. The molecule has 0 aliphatic heterocycles. The second-order valence-electron chi connectivity index (χ2n) is 6.89. The molecule has 2 aromatic rings. The first-order valence-corrected chi connectivity index (χ1v) is 9.84. The van der Waals surface area contributed by atoms with E-state index in [9.17, 15) is 9.59 Å². The van der Waals surface area contributed by atoms with Gasteiger partial charge in [0, 0.05) is 13.1 Å². The second-order valence-corrected chi connectivity index (χ2v) is 6.89. The largest absolute Gasteiger partial charge is 0.497 e. The van der Waals surface area contributed by atoms with Crippen molar-refractivity contribution >= 4 is 11.8 Å². The molecule has 1 N–H and O–H groups in total. The van der Waals surface area contributed by atoms with E-state index in [4.69, 9.17) is 9.47 Å². The SMILES string of the molecule is CCCNC(=O)C(C)N(Cc1cccc(OC)c1)C(=O)COc1ccccc1C. The van der Waals surface area contributed by atoms with Gasteiger partial charge in [-0.15, -0.1) is 0 Å². The van der Waals surface area contributed by atoms with Crippen LogP contribution in [0.5, 0.6) is 11.5 Å². The van der Waals surface area contributed by atoms with Crippen LogP contribution in [0, 0.1) is 6.92 Å². The molecule has 0 heterocycles. The predicted octanol–water partition coefficient (Wildman–Crippen LogP) is 3.33. The standard InChI is InChI=1S/C23H30N2O4/c1-5-13-24-23(27)18(3)25(15-19-10-8-11-20(14-19)28-4)22(26)16-29-21-12-7-6-9-17(21)2/h6-12,14,18H,5,13,15-16H2,1-4H3,(H,24,27). The van der Waals surface area contributed by atoms with Gasteiger partial charge in [-0.05, 0) is 49.6 Å². The van der Waals surface area contributed by atoms with Crippen LogP contribution in [0.4, 0.5) is 0 Å². The Morgan fingerprint density at radius 2 is 1.90 bits per heavy atom. The van der Waals surface area contributed by atoms with E-state index in [-0.39, 0.29) is 25.0 Å². The zero-order valence-corrected chi connectivity index (χ0v) is 17.6. The van der Waals surface area contributed by atoms with Crippen molar-refractivity contribution in [1.82, 2.24) is 10.2 Å². The number of ether oxygens (including phenoxy) is 2. The molecule has 156 valence electrons. The first-order valence-electron chi connectivity index (χ1n) is 9.84. The zero-order chi connectivity index (χ0) is 21.2. The molecule has 0 aliphatic carbocycles. The average Bonchev–Trinajstić information content (AvgIpc) is 2.74. The van der Waals surface area contributed by atoms with Crippen molar-refractivity contribution in [2.75, 3.05) is 20.3 Å². The van der Waals surface area contributed by atoms with Crippen molar-refractivity contribution in [2.24, 2.45) is 0 Å². The summed E-state index contributed by atoms with van der Waals surface area (Å²) >= 11 is 0. The fraction of sp³-hybridized carbons (Fsp3) is 0.391. The fourth-order valence-electron chi connectivity index (χ4n) is 2.89. The second kappa shape index (κ2) is 11.1. The fourth-order valence-corrected chi connectivity index (χ4v) is 2.89. The maximum Gasteiger partial charge on any atom is 0.261 e. The molecule has 6 nitrogen and oxygen atoms in total. The molecular formula is C23H30N2O4. The molecule has 0 saturated carbocycles. The summed E-state index contributed by atoms with van der Waals surface area (Å²) in [7, 11) is 1.60. The summed E-state index contributed by atoms with van der Waals surface area (Å²) in [6.45, 7) is 6.36. The Morgan fingerprint density at radius 3 is 2.59 bits per heavy atom. The Labute approximate surface area is 172 Å². The molecule has 2 aromatic carbocycles. The summed E-state index contributed by atoms with van der Waals surface area (Å²) in [5, 5.41) is 2.86. The first kappa shape index (κ1) is 22.3. The lowest BCUT2D eigenvalue weighted by atomic mass is 10.1. The van der Waals surface area contributed by atoms with Crippen LogP contribution in [0.1, 0.15) is 31.4 Å². The summed E-state index contributed by atoms with van der Waals surface area (Å²) in [5.41, 5.74) is 1.83. The summed E-state index contributed by atoms with van der Waals surface area (Å²) in [6.07, 6.45) is 0.832. The van der Waals surface area contributed by atoms with Crippen molar-refractivity contribution in [3.63, 3.8) is 0 Å². The number of carbonyl (C=O) groups is 2. The maximum absolute atomic E-state index is 13.0. The summed E-state index contributed by atoms with van der Waals surface area (Å²) in [6, 6.07) is 14.4. The number of carbonyl (C=O) groups excluding carboxylic acids is 2. The number of methoxy groups -OCH3 is 1. The third kappa shape index (κ3) is 6.52. The first-order chi connectivity index (χ1) is 14.0. The highest BCUT2D eigenvalue weighted by molar-refractivity contribution is 5.87. The van der Waals surface area contributed by atoms with Crippen LogP contribution < -0.4 is 14.8 Å². The van der Waals surface area contributed by atoms with E-state index in [1.54, 1.807) is 14.0 Å². The van der Waals surface area contributed by atoms with Crippen molar-refractivity contribution < 1.29 is 19.1 Å². The van der Waals surface area contributed by atoms with E-state index < -0.39 is 6.04 Å². The number of hydrogen-bond acceptors (Lipinski definition) is 4. The number of rotatable bonds is 10. The number of benzene rings is 2. The quantitative estimate of drug-likeness (QED) is 0.667. The van der Waals surface area contributed by atoms with Crippen molar-refractivity contribution in [2.45, 2.75) is 39.8 Å². The van der Waals surface area contributed by atoms with Gasteiger partial charge in [0.15, 0.2) is 6.61 Å². The van der Waals surface area contributed by atoms with Crippen LogP contribution in [0.25, 0.3) is 0 Å². The van der Waals surface area contributed by atoms with E-state index in [0.29, 0.717) is 18.0 Å². The number of nitrogens with zero attached hydrogens (tertiary/aromatic N) is 1. The van der Waals surface area contributed by atoms with Crippen LogP contribution in [0.3, 0.4) is 0 Å². The van der Waals surface area contributed by atoms with E-state index in [0.717, 1.165) is 17.5 Å². The highest BCUT2D eigenvalue weighted by Crippen LogP contribution is 2.18. The van der Waals surface area contributed by atoms with Gasteiger partial charge in [0.1, 0.15) is 17.5 Å². The van der Waals surface area contributed by atoms with Crippen molar-refractivity contribution in [3.8, 4) is 11.5 Å². The van der Waals surface area contributed by atoms with E-state index in [2.05, 4.69) is 5.32 Å². The Kier molecular flexibility index (Phi) is 8.52. The molecule has 2 rings (SSSR count). The van der Waals surface area contributed by atoms with Crippen molar-refractivity contribution in [1.29, 1.82) is 0 Å². The molecule has 0 fully saturated rings. The number of para-hydroxylation sites is 1. The maximum atomic E-state index is 13.0. The lowest BCUT2D eigenvalue weighted by Gasteiger charge is -2.29. The monoisotopic (exact) mass is 398 g/mol. The number of aryl methyl sites for hydroxylation is 1. The molecule has 0 bridgehead atoms. The Morgan fingerprint density at radius 1 is 1.14 bits per heavy atom. The van der Waals surface area contributed by atoms with E-state index in [1.807, 2.05) is 62.4 Å². The summed E-state index contributed by atoms with van der Waals surface area (Å²) in [5.74, 6) is 0.925. The van der Waals surface area contributed by atoms with Gasteiger partial charge in [-0.3, -0.25) is 9.59 Å². The molecule has 0 radical (unpaired) electrons. The molecule has 2 amide bonds. The zero-order valence-electron chi connectivity index (χ0n) is 17.6. The number of nitrogens with one attached hydrogen (secondary N) is 1. The van der Waals surface area contributed by atoms with Crippen LogP contribution in [0.15, 0.2) is 48.5 Å². The van der Waals surface area contributed by atoms with Gasteiger partial charge in [0.05, 0.1) is 7.11 Å². The van der Waals surface area contributed by atoms with Crippen molar-refractivity contribution in [3.05, 3.63) is 59.7 Å². The normalized spacial score (nSPS) is 11.4. The minimum absolute atomic E-state index is 0.139. The molecule has 0 spiro atoms. The van der Waals surface area contributed by atoms with Gasteiger partial charge in [-0.25, -0.2) is 0 Å². The highest BCUT2D eigenvalue weighted by Gasteiger charge is 2.26. The molecular weight excluding hydrogens is 368 g/mol. The molecule has 29 heavy (non-hydrogen) atoms. The number of amides is 2. The smallest absolute Gasteiger partial charge is 0.261 e. The van der Waals surface area contributed by atoms with Crippen LogP contribution in [-0.2, 0) is 16.1 Å². The minimum Gasteiger partial charge on any atom is -0.497 e. The van der Waals surface area contributed by atoms with Gasteiger partial charge < -0.3 is 19.7 Å². The van der Waals surface area contributed by atoms with E-state index in [1.165, 1.54) is 4.90 Å². The van der Waals surface area contributed by atoms with Gasteiger partial charge in [-0.1, -0.05) is 37.3 Å². The Balaban J connectivity index is 2.16. The van der Waals surface area contributed by atoms with Crippen LogP contribution in [0.2, 0.25) is 0 Å². The third-order valence-corrected chi connectivity index (χ3v) is 4.65. The lowest BCUT2D eigenvalue weighted by Crippen LogP contribution is -2.49. The molecule has 0 aliphatic rings. The van der Waals surface area contributed by atoms with E-state index >= 15 is 0 Å². The molecule has 1 atom stereocenters. The molecule has 1 unspecified atom stereocenters. The lowest BCUT2D eigenvalue weighted by molar-refractivity contribution is -0.142. The topological polar surface area (TPSA) is 67.9 Å². The number of hydrogen-bond donors (Lipinski definition) is 1. The molecule has 0 aromatic heterocycles. The summed E-state index contributed by atoms with van der Waals surface area (Å²) < 4.78 is 11.0. The molecule has 6 heteroatoms. The highest BCUT2D eigenvalue weighted by atomic mass is 16.5. The average molecular weight is 399 g/mol. The van der Waals surface area contributed by atoms with Crippen LogP contribution >= 0.6 is 0 Å². The summed E-state index contributed by atoms with van der Waals surface area (Å²) in [4.78, 5) is 27.1. The minimum atomic E-state index is -0.624. The molecule has 0 saturated heterocycles.